The Labute approximate surface area is 122 Å². The quantitative estimate of drug-likeness (QED) is 0.905. The first-order valence-electron chi connectivity index (χ1n) is 6.86. The van der Waals surface area contributed by atoms with Gasteiger partial charge in [0.1, 0.15) is 0 Å². The van der Waals surface area contributed by atoms with Gasteiger partial charge < -0.3 is 10.2 Å². The molecule has 2 fully saturated rings. The topological polar surface area (TPSA) is 66.5 Å². The Balaban J connectivity index is 1.65. The number of thiophene rings is 1. The molecule has 3 rings (SSSR count). The van der Waals surface area contributed by atoms with E-state index in [-0.39, 0.29) is 29.6 Å². The molecule has 7 heteroatoms. The van der Waals surface area contributed by atoms with Gasteiger partial charge in [0.05, 0.1) is 17.5 Å². The molecule has 0 saturated carbocycles. The van der Waals surface area contributed by atoms with Crippen molar-refractivity contribution in [1.82, 2.24) is 10.2 Å². The van der Waals surface area contributed by atoms with Crippen LogP contribution in [0.3, 0.4) is 0 Å². The SMILES string of the molecule is O=C(N[C@@H]1CCS(=O)(=O)C1)N1CCC[C@H]1c1cccs1. The first-order valence-corrected chi connectivity index (χ1v) is 9.56. The molecule has 20 heavy (non-hydrogen) atoms. The number of amides is 2. The van der Waals surface area contributed by atoms with Gasteiger partial charge in [-0.15, -0.1) is 11.3 Å². The third-order valence-corrected chi connectivity index (χ3v) is 6.69. The van der Waals surface area contributed by atoms with Crippen LogP contribution < -0.4 is 5.32 Å². The molecule has 2 amide bonds. The molecule has 110 valence electrons. The predicted octanol–water partition coefficient (Wildman–Crippen LogP) is 1.78. The summed E-state index contributed by atoms with van der Waals surface area (Å²) in [5.41, 5.74) is 0. The van der Waals surface area contributed by atoms with Gasteiger partial charge in [-0.25, -0.2) is 13.2 Å². The fourth-order valence-electron chi connectivity index (χ4n) is 2.95. The second kappa shape index (κ2) is 5.37. The average molecular weight is 314 g/mol. The van der Waals surface area contributed by atoms with Crippen molar-refractivity contribution in [3.8, 4) is 0 Å². The van der Waals surface area contributed by atoms with Gasteiger partial charge in [-0.2, -0.15) is 0 Å². The van der Waals surface area contributed by atoms with E-state index >= 15 is 0 Å². The zero-order valence-corrected chi connectivity index (χ0v) is 12.8. The molecule has 0 aliphatic carbocycles. The molecule has 2 atom stereocenters. The van der Waals surface area contributed by atoms with Crippen molar-refractivity contribution >= 4 is 27.2 Å². The molecule has 2 saturated heterocycles. The molecule has 1 aromatic heterocycles. The van der Waals surface area contributed by atoms with E-state index in [9.17, 15) is 13.2 Å². The van der Waals surface area contributed by atoms with Crippen LogP contribution >= 0.6 is 11.3 Å². The molecule has 5 nitrogen and oxygen atoms in total. The molecular weight excluding hydrogens is 296 g/mol. The number of carbonyl (C=O) groups is 1. The first kappa shape index (κ1) is 13.9. The van der Waals surface area contributed by atoms with E-state index in [2.05, 4.69) is 11.4 Å². The number of likely N-dealkylation sites (tertiary alicyclic amines) is 1. The van der Waals surface area contributed by atoms with E-state index in [0.717, 1.165) is 19.4 Å². The van der Waals surface area contributed by atoms with Crippen LogP contribution in [0.5, 0.6) is 0 Å². The Hall–Kier alpha value is -1.08. The molecule has 0 unspecified atom stereocenters. The lowest BCUT2D eigenvalue weighted by molar-refractivity contribution is 0.190. The smallest absolute Gasteiger partial charge is 0.318 e. The molecule has 3 heterocycles. The van der Waals surface area contributed by atoms with Crippen molar-refractivity contribution < 1.29 is 13.2 Å². The van der Waals surface area contributed by atoms with E-state index in [1.54, 1.807) is 11.3 Å². The lowest BCUT2D eigenvalue weighted by Crippen LogP contribution is -2.44. The van der Waals surface area contributed by atoms with Gasteiger partial charge in [0.15, 0.2) is 9.84 Å². The molecule has 1 aromatic rings. The summed E-state index contributed by atoms with van der Waals surface area (Å²) >= 11 is 1.67. The fraction of sp³-hybridized carbons (Fsp3) is 0.615. The zero-order valence-electron chi connectivity index (χ0n) is 11.1. The van der Waals surface area contributed by atoms with Crippen molar-refractivity contribution in [2.24, 2.45) is 0 Å². The van der Waals surface area contributed by atoms with Crippen LogP contribution in [0.25, 0.3) is 0 Å². The van der Waals surface area contributed by atoms with Crippen LogP contribution in [-0.4, -0.2) is 43.4 Å². The summed E-state index contributed by atoms with van der Waals surface area (Å²) in [5, 5.41) is 4.90. The second-order valence-electron chi connectivity index (χ2n) is 5.42. The lowest BCUT2D eigenvalue weighted by atomic mass is 10.2. The van der Waals surface area contributed by atoms with Crippen molar-refractivity contribution in [3.05, 3.63) is 22.4 Å². The minimum Gasteiger partial charge on any atom is -0.334 e. The number of hydrogen-bond donors (Lipinski definition) is 1. The van der Waals surface area contributed by atoms with Crippen molar-refractivity contribution in [3.63, 3.8) is 0 Å². The van der Waals surface area contributed by atoms with E-state index in [1.165, 1.54) is 4.88 Å². The van der Waals surface area contributed by atoms with Gasteiger partial charge in [-0.05, 0) is 30.7 Å². The van der Waals surface area contributed by atoms with Gasteiger partial charge in [0.25, 0.3) is 0 Å². The summed E-state index contributed by atoms with van der Waals surface area (Å²) in [4.78, 5) is 15.4. The normalized spacial score (nSPS) is 28.7. The molecule has 0 bridgehead atoms. The summed E-state index contributed by atoms with van der Waals surface area (Å²) < 4.78 is 22.9. The van der Waals surface area contributed by atoms with Crippen LogP contribution in [0, 0.1) is 0 Å². The maximum Gasteiger partial charge on any atom is 0.318 e. The third kappa shape index (κ3) is 2.83. The minimum atomic E-state index is -2.95. The minimum absolute atomic E-state index is 0.0796. The second-order valence-corrected chi connectivity index (χ2v) is 8.62. The number of sulfone groups is 1. The highest BCUT2D eigenvalue weighted by Crippen LogP contribution is 2.34. The predicted molar refractivity (Wildman–Crippen MR) is 78.6 cm³/mol. The molecule has 0 spiro atoms. The van der Waals surface area contributed by atoms with E-state index in [1.807, 2.05) is 16.3 Å². The molecule has 1 N–H and O–H groups in total. The van der Waals surface area contributed by atoms with Gasteiger partial charge in [-0.1, -0.05) is 6.07 Å². The van der Waals surface area contributed by atoms with Crippen LogP contribution in [-0.2, 0) is 9.84 Å². The summed E-state index contributed by atoms with van der Waals surface area (Å²) in [6.45, 7) is 0.744. The number of rotatable bonds is 2. The lowest BCUT2D eigenvalue weighted by Gasteiger charge is -2.25. The number of hydrogen-bond acceptors (Lipinski definition) is 4. The fourth-order valence-corrected chi connectivity index (χ4v) is 5.50. The highest BCUT2D eigenvalue weighted by molar-refractivity contribution is 7.91. The van der Waals surface area contributed by atoms with Crippen LogP contribution in [0.4, 0.5) is 4.79 Å². The molecule has 2 aliphatic rings. The van der Waals surface area contributed by atoms with Crippen molar-refractivity contribution in [2.75, 3.05) is 18.1 Å². The van der Waals surface area contributed by atoms with Gasteiger partial charge >= 0.3 is 6.03 Å². The number of nitrogens with zero attached hydrogens (tertiary/aromatic N) is 1. The van der Waals surface area contributed by atoms with Gasteiger partial charge in [-0.3, -0.25) is 0 Å². The Morgan fingerprint density at radius 2 is 2.25 bits per heavy atom. The Morgan fingerprint density at radius 1 is 1.40 bits per heavy atom. The molecule has 2 aliphatic heterocycles. The Bertz CT molecular complexity index is 583. The first-order chi connectivity index (χ1) is 9.55. The van der Waals surface area contributed by atoms with Crippen LogP contribution in [0.1, 0.15) is 30.2 Å². The maximum absolute atomic E-state index is 12.3. The summed E-state index contributed by atoms with van der Waals surface area (Å²) in [7, 11) is -2.95. The highest BCUT2D eigenvalue weighted by atomic mass is 32.2. The van der Waals surface area contributed by atoms with Crippen LogP contribution in [0.2, 0.25) is 0 Å². The highest BCUT2D eigenvalue weighted by Gasteiger charge is 2.34. The Kier molecular flexibility index (Phi) is 3.72. The number of urea groups is 1. The Morgan fingerprint density at radius 3 is 2.90 bits per heavy atom. The molecule has 0 radical (unpaired) electrons. The standard InChI is InChI=1S/C13H18N2O3S2/c16-13(14-10-5-8-20(17,18)9-10)15-6-1-3-11(15)12-4-2-7-19-12/h2,4,7,10-11H,1,3,5-6,8-9H2,(H,14,16)/t10-,11+/m1/s1. The van der Waals surface area contributed by atoms with Crippen LogP contribution in [0.15, 0.2) is 17.5 Å². The molecular formula is C13H18N2O3S2. The van der Waals surface area contributed by atoms with E-state index in [4.69, 9.17) is 0 Å². The monoisotopic (exact) mass is 314 g/mol. The number of nitrogens with one attached hydrogen (secondary N) is 1. The zero-order chi connectivity index (χ0) is 14.2. The summed E-state index contributed by atoms with van der Waals surface area (Å²) in [6.07, 6.45) is 2.52. The maximum atomic E-state index is 12.3. The van der Waals surface area contributed by atoms with Crippen molar-refractivity contribution in [2.45, 2.75) is 31.3 Å². The largest absolute Gasteiger partial charge is 0.334 e. The van der Waals surface area contributed by atoms with E-state index < -0.39 is 9.84 Å². The average Bonchev–Trinajstić information content (AvgIpc) is 3.08. The van der Waals surface area contributed by atoms with Gasteiger partial charge in [0.2, 0.25) is 0 Å². The molecule has 0 aromatic carbocycles. The summed E-state index contributed by atoms with van der Waals surface area (Å²) in [6, 6.07) is 3.85. The van der Waals surface area contributed by atoms with Gasteiger partial charge in [0, 0.05) is 17.5 Å². The third-order valence-electron chi connectivity index (χ3n) is 3.95. The van der Waals surface area contributed by atoms with E-state index in [0.29, 0.717) is 6.42 Å². The number of carbonyl (C=O) groups excluding carboxylic acids is 1. The summed E-state index contributed by atoms with van der Waals surface area (Å²) in [5.74, 6) is 0.266. The van der Waals surface area contributed by atoms with Crippen molar-refractivity contribution in [1.29, 1.82) is 0 Å².